The van der Waals surface area contributed by atoms with Crippen LogP contribution in [0.1, 0.15) is 30.9 Å². The van der Waals surface area contributed by atoms with E-state index in [0.29, 0.717) is 5.92 Å². The molecule has 0 spiro atoms. The minimum Gasteiger partial charge on any atom is -0.269 e. The molecule has 2 aliphatic carbocycles. The van der Waals surface area contributed by atoms with Gasteiger partial charge in [0.1, 0.15) is 0 Å². The minimum atomic E-state index is 0. The summed E-state index contributed by atoms with van der Waals surface area (Å²) in [6.45, 7) is 9.66. The second-order valence-corrected chi connectivity index (χ2v) is 6.17. The Morgan fingerprint density at radius 2 is 1.07 bits per heavy atom. The third-order valence-corrected chi connectivity index (χ3v) is 4.06. The monoisotopic (exact) mass is 386 g/mol. The van der Waals surface area contributed by atoms with Gasteiger partial charge < -0.3 is 0 Å². The molecule has 2 aromatic rings. The molecule has 0 saturated carbocycles. The van der Waals surface area contributed by atoms with Crippen LogP contribution in [0, 0.1) is 31.9 Å². The van der Waals surface area contributed by atoms with Gasteiger partial charge >= 0.3 is 21.7 Å². The van der Waals surface area contributed by atoms with Gasteiger partial charge in [0.05, 0.1) is 0 Å². The molecule has 2 aliphatic rings. The molecule has 0 bridgehead atoms. The van der Waals surface area contributed by atoms with E-state index in [2.05, 4.69) is 57.2 Å². The molecule has 0 nitrogen and oxygen atoms in total. The summed E-state index contributed by atoms with van der Waals surface area (Å²) in [4.78, 5) is 0. The van der Waals surface area contributed by atoms with E-state index in [9.17, 15) is 0 Å². The van der Waals surface area contributed by atoms with Crippen LogP contribution >= 0.6 is 0 Å². The Morgan fingerprint density at radius 3 is 1.30 bits per heavy atom. The van der Waals surface area contributed by atoms with Crippen LogP contribution in [0.15, 0.2) is 96.1 Å². The summed E-state index contributed by atoms with van der Waals surface area (Å²) in [7, 11) is 0. The third kappa shape index (κ3) is 8.86. The molecule has 0 atom stereocenters. The summed E-state index contributed by atoms with van der Waals surface area (Å²) >= 11 is 0. The minimum absolute atomic E-state index is 0. The molecular weight excluding hydrogens is 360 g/mol. The van der Waals surface area contributed by atoms with E-state index in [1.165, 1.54) is 11.1 Å². The molecule has 0 N–H and O–H groups in total. The van der Waals surface area contributed by atoms with E-state index < -0.39 is 0 Å². The van der Waals surface area contributed by atoms with Gasteiger partial charge in [-0.2, -0.15) is 61.4 Å². The van der Waals surface area contributed by atoms with Gasteiger partial charge in [-0.1, -0.05) is 25.0 Å². The first-order chi connectivity index (χ1) is 12.7. The Morgan fingerprint density at radius 1 is 0.704 bits per heavy atom. The first kappa shape index (κ1) is 22.9. The number of hydrogen-bond donors (Lipinski definition) is 0. The molecule has 0 aromatic heterocycles. The zero-order valence-electron chi connectivity index (χ0n) is 16.0. The normalized spacial score (nSPS) is 13.6. The molecule has 0 amide bonds. The van der Waals surface area contributed by atoms with Crippen LogP contribution < -0.4 is 0 Å². The standard InChI is InChI=1S/C12H12.2C7H7.Ti/c1-10(11-6-2-3-7-11)12-8-4-5-9-12;2*1-7-5-3-2-4-6-7;/h2,4,6,8,10H,3,5H2,1H3;2*2-6H,1H2;/q-2;2*-1;+4. The largest absolute Gasteiger partial charge is 4.00 e. The fourth-order valence-corrected chi connectivity index (χ4v) is 2.56. The van der Waals surface area contributed by atoms with E-state index in [-0.39, 0.29) is 21.7 Å². The quantitative estimate of drug-likeness (QED) is 0.396. The molecule has 0 radical (unpaired) electrons. The first-order valence-corrected chi connectivity index (χ1v) is 8.95. The van der Waals surface area contributed by atoms with Gasteiger partial charge in [0, 0.05) is 0 Å². The van der Waals surface area contributed by atoms with Crippen molar-refractivity contribution in [2.24, 2.45) is 5.92 Å². The predicted molar refractivity (Wildman–Crippen MR) is 112 cm³/mol. The predicted octanol–water partition coefficient (Wildman–Crippen LogP) is 6.74. The van der Waals surface area contributed by atoms with Crippen LogP contribution in [0.2, 0.25) is 0 Å². The van der Waals surface area contributed by atoms with Crippen molar-refractivity contribution in [2.75, 3.05) is 0 Å². The number of hydrogen-bond acceptors (Lipinski definition) is 0. The SMILES string of the molecule is CC(C1=[C-]CC=C1)C1=[C-]CC=C1.[CH2-]c1ccccc1.[CH2-]c1ccccc1.[Ti+4]. The average Bonchev–Trinajstić information content (AvgIpc) is 3.38. The van der Waals surface area contributed by atoms with E-state index >= 15 is 0 Å². The van der Waals surface area contributed by atoms with Crippen LogP contribution in [0.25, 0.3) is 0 Å². The summed E-state index contributed by atoms with van der Waals surface area (Å²) in [5.41, 5.74) is 4.79. The Bertz CT molecular complexity index is 697. The van der Waals surface area contributed by atoms with Crippen LogP contribution in [-0.4, -0.2) is 0 Å². The second-order valence-electron chi connectivity index (χ2n) is 6.17. The molecule has 0 unspecified atom stereocenters. The fourth-order valence-electron chi connectivity index (χ4n) is 2.56. The Kier molecular flexibility index (Phi) is 11.1. The maximum atomic E-state index is 3.72. The van der Waals surface area contributed by atoms with Crippen molar-refractivity contribution in [1.82, 2.24) is 0 Å². The number of benzene rings is 2. The van der Waals surface area contributed by atoms with Gasteiger partial charge in [0.15, 0.2) is 0 Å². The van der Waals surface area contributed by atoms with Crippen LogP contribution in [0.5, 0.6) is 0 Å². The molecular formula is C26H26Ti. The van der Waals surface area contributed by atoms with Crippen molar-refractivity contribution in [3.8, 4) is 0 Å². The fraction of sp³-hybridized carbons (Fsp3) is 0.154. The van der Waals surface area contributed by atoms with Crippen molar-refractivity contribution < 1.29 is 21.7 Å². The maximum absolute atomic E-state index is 3.72. The summed E-state index contributed by atoms with van der Waals surface area (Å²) in [5, 5.41) is 0. The molecule has 1 heteroatoms. The van der Waals surface area contributed by atoms with Crippen molar-refractivity contribution in [3.05, 3.63) is 133 Å². The van der Waals surface area contributed by atoms with Crippen LogP contribution in [-0.2, 0) is 21.7 Å². The zero-order chi connectivity index (χ0) is 18.6. The molecule has 4 rings (SSSR count). The van der Waals surface area contributed by atoms with Crippen molar-refractivity contribution in [2.45, 2.75) is 19.8 Å². The topological polar surface area (TPSA) is 0 Å². The third-order valence-electron chi connectivity index (χ3n) is 4.06. The van der Waals surface area contributed by atoms with Crippen molar-refractivity contribution in [1.29, 1.82) is 0 Å². The molecule has 0 heterocycles. The number of rotatable bonds is 2. The summed E-state index contributed by atoms with van der Waals surface area (Å²) in [6.07, 6.45) is 17.3. The summed E-state index contributed by atoms with van der Waals surface area (Å²) < 4.78 is 0. The van der Waals surface area contributed by atoms with E-state index in [1.54, 1.807) is 0 Å². The first-order valence-electron chi connectivity index (χ1n) is 8.95. The number of allylic oxidation sites excluding steroid dienone is 8. The van der Waals surface area contributed by atoms with Gasteiger partial charge in [-0.3, -0.25) is 12.2 Å². The molecule has 0 fully saturated rings. The van der Waals surface area contributed by atoms with Gasteiger partial charge in [0.2, 0.25) is 0 Å². The van der Waals surface area contributed by atoms with Gasteiger partial charge in [-0.05, 0) is 0 Å². The van der Waals surface area contributed by atoms with Gasteiger partial charge in [-0.25, -0.2) is 23.3 Å². The molecule has 27 heavy (non-hydrogen) atoms. The van der Waals surface area contributed by atoms with Crippen molar-refractivity contribution >= 4 is 0 Å². The Labute approximate surface area is 180 Å². The maximum Gasteiger partial charge on any atom is 4.00 e. The second kappa shape index (κ2) is 13.1. The molecule has 2 aromatic carbocycles. The molecule has 0 aliphatic heterocycles. The summed E-state index contributed by atoms with van der Waals surface area (Å²) in [6, 6.07) is 19.7. The smallest absolute Gasteiger partial charge is 0.269 e. The molecule has 134 valence electrons. The summed E-state index contributed by atoms with van der Waals surface area (Å²) in [5.74, 6) is 0.488. The molecule has 0 saturated heterocycles. The van der Waals surface area contributed by atoms with Crippen LogP contribution in [0.3, 0.4) is 0 Å². The van der Waals surface area contributed by atoms with Gasteiger partial charge in [0.25, 0.3) is 0 Å². The average molecular weight is 386 g/mol. The van der Waals surface area contributed by atoms with E-state index in [0.717, 1.165) is 24.0 Å². The Hall–Kier alpha value is -2.15. The van der Waals surface area contributed by atoms with Crippen molar-refractivity contribution in [3.63, 3.8) is 0 Å². The Balaban J connectivity index is 0.000000211. The van der Waals surface area contributed by atoms with E-state index in [1.807, 2.05) is 60.7 Å². The zero-order valence-corrected chi connectivity index (χ0v) is 17.6. The van der Waals surface area contributed by atoms with Crippen LogP contribution in [0.4, 0.5) is 0 Å². The van der Waals surface area contributed by atoms with E-state index in [4.69, 9.17) is 0 Å². The van der Waals surface area contributed by atoms with Gasteiger partial charge in [-0.15, -0.1) is 37.1 Å².